The SMILES string of the molecule is CC1(C)CC2=C(C(c3ccc(OCc4ccccc4)cc3F)N(C(=O)c3c(F)cccc3Cl)c3cccc(O)c3N2)S(=O)C1. The van der Waals surface area contributed by atoms with Crippen LogP contribution in [-0.4, -0.2) is 21.0 Å². The van der Waals surface area contributed by atoms with E-state index < -0.39 is 45.4 Å². The first kappa shape index (κ1) is 29.8. The van der Waals surface area contributed by atoms with Crippen LogP contribution >= 0.6 is 11.6 Å². The number of halogens is 3. The molecule has 2 N–H and O–H groups in total. The second-order valence-electron chi connectivity index (χ2n) is 11.6. The number of nitrogens with zero attached hydrogens (tertiary/aromatic N) is 1. The Balaban J connectivity index is 1.55. The molecule has 2 atom stereocenters. The number of rotatable bonds is 5. The third-order valence-electron chi connectivity index (χ3n) is 7.69. The number of ether oxygens (including phenoxy) is 1. The van der Waals surface area contributed by atoms with Gasteiger partial charge in [0.2, 0.25) is 0 Å². The van der Waals surface area contributed by atoms with Gasteiger partial charge >= 0.3 is 0 Å². The number of hydrogen-bond donors (Lipinski definition) is 2. The molecule has 2 unspecified atom stereocenters. The number of nitrogens with one attached hydrogen (secondary N) is 1. The summed E-state index contributed by atoms with van der Waals surface area (Å²) < 4.78 is 51.4. The maximum atomic E-state index is 16.3. The van der Waals surface area contributed by atoms with Crippen LogP contribution in [0.3, 0.4) is 0 Å². The molecule has 226 valence electrons. The molecule has 1 amide bonds. The van der Waals surface area contributed by atoms with Crippen LogP contribution in [-0.2, 0) is 17.4 Å². The van der Waals surface area contributed by atoms with Gasteiger partial charge in [-0.05, 0) is 53.8 Å². The highest BCUT2D eigenvalue weighted by molar-refractivity contribution is 7.89. The molecule has 0 spiro atoms. The molecule has 0 saturated carbocycles. The summed E-state index contributed by atoms with van der Waals surface area (Å²) in [6.45, 7) is 4.14. The Bertz CT molecular complexity index is 1810. The lowest BCUT2D eigenvalue weighted by atomic mass is 9.88. The molecule has 2 aliphatic heterocycles. The number of fused-ring (bicyclic) bond motifs is 1. The topological polar surface area (TPSA) is 78.9 Å². The molecule has 0 bridgehead atoms. The quantitative estimate of drug-likeness (QED) is 0.217. The Kier molecular flexibility index (Phi) is 7.94. The zero-order valence-corrected chi connectivity index (χ0v) is 25.5. The minimum atomic E-state index is -1.69. The average Bonchev–Trinajstić information content (AvgIpc) is 3.11. The van der Waals surface area contributed by atoms with Gasteiger partial charge in [-0.25, -0.2) is 8.78 Å². The Labute approximate surface area is 261 Å². The van der Waals surface area contributed by atoms with Gasteiger partial charge in [-0.3, -0.25) is 13.9 Å². The summed E-state index contributed by atoms with van der Waals surface area (Å²) in [5.41, 5.74) is 0.878. The highest BCUT2D eigenvalue weighted by atomic mass is 35.5. The van der Waals surface area contributed by atoms with Crippen LogP contribution in [0.25, 0.3) is 0 Å². The fraction of sp³-hybridized carbons (Fsp3) is 0.206. The number of hydrogen-bond acceptors (Lipinski definition) is 5. The number of para-hydroxylation sites is 1. The van der Waals surface area contributed by atoms with Gasteiger partial charge in [-0.2, -0.15) is 0 Å². The predicted octanol–water partition coefficient (Wildman–Crippen LogP) is 8.11. The van der Waals surface area contributed by atoms with Crippen LogP contribution in [0.4, 0.5) is 20.2 Å². The lowest BCUT2D eigenvalue weighted by Gasteiger charge is -2.37. The number of anilines is 2. The second kappa shape index (κ2) is 11.7. The van der Waals surface area contributed by atoms with Gasteiger partial charge in [-0.15, -0.1) is 0 Å². The van der Waals surface area contributed by atoms with Crippen molar-refractivity contribution in [3.63, 3.8) is 0 Å². The van der Waals surface area contributed by atoms with E-state index in [1.165, 1.54) is 41.3 Å². The molecule has 2 heterocycles. The Morgan fingerprint density at radius 3 is 2.52 bits per heavy atom. The summed E-state index contributed by atoms with van der Waals surface area (Å²) in [7, 11) is -1.69. The van der Waals surface area contributed by atoms with Crippen molar-refractivity contribution in [3.05, 3.63) is 129 Å². The van der Waals surface area contributed by atoms with E-state index >= 15 is 8.78 Å². The minimum absolute atomic E-state index is 0.0245. The third-order valence-corrected chi connectivity index (χ3v) is 10.0. The van der Waals surface area contributed by atoms with Crippen molar-refractivity contribution < 1.29 is 27.6 Å². The molecule has 0 fully saturated rings. The van der Waals surface area contributed by atoms with Crippen LogP contribution in [0, 0.1) is 17.0 Å². The molecule has 0 aliphatic carbocycles. The van der Waals surface area contributed by atoms with Crippen LogP contribution in [0.15, 0.2) is 95.5 Å². The number of amides is 1. The monoisotopic (exact) mass is 634 g/mol. The van der Waals surface area contributed by atoms with E-state index in [1.807, 2.05) is 44.2 Å². The van der Waals surface area contributed by atoms with Crippen molar-refractivity contribution in [2.75, 3.05) is 16.0 Å². The van der Waals surface area contributed by atoms with Crippen LogP contribution in [0.5, 0.6) is 11.5 Å². The van der Waals surface area contributed by atoms with Gasteiger partial charge in [0.05, 0.1) is 32.0 Å². The number of aromatic hydroxyl groups is 1. The molecule has 0 saturated heterocycles. The summed E-state index contributed by atoms with van der Waals surface area (Å²) >= 11 is 6.36. The normalized spacial score (nSPS) is 19.0. The van der Waals surface area contributed by atoms with Gasteiger partial charge in [0, 0.05) is 23.1 Å². The van der Waals surface area contributed by atoms with Crippen LogP contribution < -0.4 is 15.0 Å². The van der Waals surface area contributed by atoms with Gasteiger partial charge in [-0.1, -0.05) is 67.9 Å². The van der Waals surface area contributed by atoms with Crippen LogP contribution in [0.2, 0.25) is 5.02 Å². The molecule has 4 aromatic rings. The smallest absolute Gasteiger partial charge is 0.263 e. The molecular formula is C34H29ClF2N2O4S. The molecule has 0 radical (unpaired) electrons. The lowest BCUT2D eigenvalue weighted by molar-refractivity contribution is 0.0976. The highest BCUT2D eigenvalue weighted by Crippen LogP contribution is 2.51. The van der Waals surface area contributed by atoms with E-state index in [9.17, 15) is 14.1 Å². The Morgan fingerprint density at radius 1 is 1.05 bits per heavy atom. The first-order valence-corrected chi connectivity index (χ1v) is 15.7. The Morgan fingerprint density at radius 2 is 1.80 bits per heavy atom. The lowest BCUT2D eigenvalue weighted by Crippen LogP contribution is -2.40. The van der Waals surface area contributed by atoms with Gasteiger partial charge in [0.15, 0.2) is 0 Å². The van der Waals surface area contributed by atoms with E-state index in [-0.39, 0.29) is 50.7 Å². The van der Waals surface area contributed by atoms with Crippen molar-refractivity contribution in [3.8, 4) is 11.5 Å². The average molecular weight is 635 g/mol. The van der Waals surface area contributed by atoms with Gasteiger partial charge < -0.3 is 15.2 Å². The molecule has 44 heavy (non-hydrogen) atoms. The van der Waals surface area contributed by atoms with E-state index in [2.05, 4.69) is 5.32 Å². The molecule has 0 aromatic heterocycles. The number of phenols is 1. The Hall–Kier alpha value is -4.21. The fourth-order valence-corrected chi connectivity index (χ4v) is 7.83. The largest absolute Gasteiger partial charge is 0.506 e. The fourth-order valence-electron chi connectivity index (χ4n) is 5.74. The number of phenolic OH excluding ortho intramolecular Hbond substituents is 1. The molecule has 6 rings (SSSR count). The van der Waals surface area contributed by atoms with Crippen LogP contribution in [0.1, 0.15) is 47.8 Å². The summed E-state index contributed by atoms with van der Waals surface area (Å²) in [4.78, 5) is 15.9. The number of allylic oxidation sites excluding steroid dienone is 1. The maximum Gasteiger partial charge on any atom is 0.263 e. The van der Waals surface area contributed by atoms with Gasteiger partial charge in [0.25, 0.3) is 5.91 Å². The highest BCUT2D eigenvalue weighted by Gasteiger charge is 2.45. The predicted molar refractivity (Wildman–Crippen MR) is 168 cm³/mol. The van der Waals surface area contributed by atoms with Crippen molar-refractivity contribution in [2.24, 2.45) is 5.41 Å². The summed E-state index contributed by atoms with van der Waals surface area (Å²) in [5.74, 6) is -2.15. The second-order valence-corrected chi connectivity index (χ2v) is 13.4. The maximum absolute atomic E-state index is 16.3. The molecule has 10 heteroatoms. The van der Waals surface area contributed by atoms with E-state index in [4.69, 9.17) is 16.3 Å². The molecular weight excluding hydrogens is 606 g/mol. The number of carbonyl (C=O) groups is 1. The number of benzene rings is 4. The third kappa shape index (κ3) is 5.57. The zero-order chi connectivity index (χ0) is 31.2. The first-order valence-electron chi connectivity index (χ1n) is 14.0. The van der Waals surface area contributed by atoms with Gasteiger partial charge in [0.1, 0.15) is 41.5 Å². The molecule has 4 aromatic carbocycles. The van der Waals surface area contributed by atoms with Crippen molar-refractivity contribution in [1.29, 1.82) is 0 Å². The first-order chi connectivity index (χ1) is 21.0. The minimum Gasteiger partial charge on any atom is -0.506 e. The molecule has 2 aliphatic rings. The van der Waals surface area contributed by atoms with E-state index in [0.717, 1.165) is 11.6 Å². The zero-order valence-electron chi connectivity index (χ0n) is 23.9. The summed E-state index contributed by atoms with van der Waals surface area (Å²) in [6.07, 6.45) is 0.403. The number of carbonyl (C=O) groups excluding carboxylic acids is 1. The summed E-state index contributed by atoms with van der Waals surface area (Å²) in [6, 6.07) is 20.8. The summed E-state index contributed by atoms with van der Waals surface area (Å²) in [5, 5.41) is 14.0. The standard InChI is InChI=1S/C34H29ClF2N2O4S/c1-34(2)17-26-32(44(42)19-34)31(22-15-14-21(16-25(22)37)43-18-20-8-4-3-5-9-20)39(27-12-7-13-28(40)30(27)38-26)33(41)29-23(35)10-6-11-24(29)36/h3-16,31,38,40H,17-19H2,1-2H3. The van der Waals surface area contributed by atoms with E-state index in [0.29, 0.717) is 12.1 Å². The van der Waals surface area contributed by atoms with Crippen molar-refractivity contribution in [2.45, 2.75) is 32.9 Å². The van der Waals surface area contributed by atoms with Crippen molar-refractivity contribution >= 4 is 39.7 Å². The molecule has 6 nitrogen and oxygen atoms in total. The van der Waals surface area contributed by atoms with Crippen molar-refractivity contribution in [1.82, 2.24) is 0 Å². The van der Waals surface area contributed by atoms with E-state index in [1.54, 1.807) is 12.1 Å².